The molecule has 0 unspecified atom stereocenters. The summed E-state index contributed by atoms with van der Waals surface area (Å²) in [4.78, 5) is 7.69. The largest absolute Gasteiger partial charge is 0.493 e. The van der Waals surface area contributed by atoms with Crippen LogP contribution in [-0.2, 0) is 12.8 Å². The lowest BCUT2D eigenvalue weighted by Crippen LogP contribution is -2.34. The van der Waals surface area contributed by atoms with Crippen molar-refractivity contribution < 1.29 is 4.74 Å². The zero-order valence-corrected chi connectivity index (χ0v) is 18.8. The van der Waals surface area contributed by atoms with Crippen LogP contribution in [0.2, 0.25) is 0 Å². The summed E-state index contributed by atoms with van der Waals surface area (Å²) in [5.41, 5.74) is 5.36. The van der Waals surface area contributed by atoms with Crippen LogP contribution in [0, 0.1) is 12.8 Å². The van der Waals surface area contributed by atoms with E-state index in [4.69, 9.17) is 9.72 Å². The van der Waals surface area contributed by atoms with Crippen LogP contribution in [0.5, 0.6) is 5.75 Å². The molecule has 0 amide bonds. The molecule has 0 bridgehead atoms. The van der Waals surface area contributed by atoms with Crippen molar-refractivity contribution in [3.05, 3.63) is 28.8 Å². The first kappa shape index (κ1) is 20.1. The molecule has 1 aromatic heterocycles. The van der Waals surface area contributed by atoms with Gasteiger partial charge in [-0.2, -0.15) is 0 Å². The molecule has 4 nitrogen and oxygen atoms in total. The van der Waals surface area contributed by atoms with Gasteiger partial charge >= 0.3 is 0 Å². The molecule has 3 aliphatic rings. The van der Waals surface area contributed by atoms with Crippen LogP contribution < -0.4 is 10.1 Å². The first-order valence-electron chi connectivity index (χ1n) is 12.2. The smallest absolute Gasteiger partial charge is 0.130 e. The highest BCUT2D eigenvalue weighted by Crippen LogP contribution is 2.37. The number of nitrogens with one attached hydrogen (secondary N) is 1. The first-order chi connectivity index (χ1) is 14.7. The summed E-state index contributed by atoms with van der Waals surface area (Å²) in [5, 5.41) is 5.14. The van der Waals surface area contributed by atoms with Crippen LogP contribution >= 0.6 is 0 Å². The molecular weight excluding hydrogens is 370 g/mol. The van der Waals surface area contributed by atoms with E-state index < -0.39 is 0 Å². The van der Waals surface area contributed by atoms with Crippen molar-refractivity contribution >= 4 is 16.7 Å². The zero-order valence-electron chi connectivity index (χ0n) is 18.8. The lowest BCUT2D eigenvalue weighted by atomic mass is 9.81. The fourth-order valence-corrected chi connectivity index (χ4v) is 5.63. The van der Waals surface area contributed by atoms with Gasteiger partial charge in [0.2, 0.25) is 0 Å². The summed E-state index contributed by atoms with van der Waals surface area (Å²) >= 11 is 0. The van der Waals surface area contributed by atoms with E-state index in [0.29, 0.717) is 6.04 Å². The molecule has 162 valence electrons. The fraction of sp³-hybridized carbons (Fsp3) is 0.654. The Balaban J connectivity index is 1.36. The molecule has 0 spiro atoms. The molecule has 5 rings (SSSR count). The average Bonchev–Trinajstić information content (AvgIpc) is 3.24. The van der Waals surface area contributed by atoms with Gasteiger partial charge in [-0.3, -0.25) is 0 Å². The second-order valence-electron chi connectivity index (χ2n) is 9.93. The molecule has 2 aromatic rings. The number of benzene rings is 1. The number of anilines is 1. The molecule has 1 aromatic carbocycles. The monoisotopic (exact) mass is 407 g/mol. The predicted molar refractivity (Wildman–Crippen MR) is 125 cm³/mol. The van der Waals surface area contributed by atoms with Crippen molar-refractivity contribution in [1.29, 1.82) is 0 Å². The normalized spacial score (nSPS) is 23.9. The van der Waals surface area contributed by atoms with E-state index in [2.05, 4.69) is 36.2 Å². The highest BCUT2D eigenvalue weighted by molar-refractivity contribution is 5.88. The van der Waals surface area contributed by atoms with Crippen LogP contribution in [-0.4, -0.2) is 42.2 Å². The fourth-order valence-electron chi connectivity index (χ4n) is 5.63. The molecule has 30 heavy (non-hydrogen) atoms. The molecule has 2 fully saturated rings. The summed E-state index contributed by atoms with van der Waals surface area (Å²) < 4.78 is 6.23. The van der Waals surface area contributed by atoms with Crippen LogP contribution in [0.4, 0.5) is 5.82 Å². The first-order valence-corrected chi connectivity index (χ1v) is 12.2. The molecule has 1 N–H and O–H groups in total. The minimum Gasteiger partial charge on any atom is -0.493 e. The quantitative estimate of drug-likeness (QED) is 0.615. The van der Waals surface area contributed by atoms with Gasteiger partial charge in [-0.15, -0.1) is 0 Å². The topological polar surface area (TPSA) is 37.4 Å². The molecule has 4 heteroatoms. The van der Waals surface area contributed by atoms with Gasteiger partial charge in [0.1, 0.15) is 11.6 Å². The summed E-state index contributed by atoms with van der Waals surface area (Å²) in [5.74, 6) is 3.01. The minimum atomic E-state index is 0.600. The summed E-state index contributed by atoms with van der Waals surface area (Å²) in [6.45, 7) is 9.01. The number of likely N-dealkylation sites (tertiary alicyclic amines) is 1. The van der Waals surface area contributed by atoms with Crippen LogP contribution in [0.3, 0.4) is 0 Å². The van der Waals surface area contributed by atoms with Crippen molar-refractivity contribution in [2.24, 2.45) is 5.92 Å². The molecule has 2 aliphatic carbocycles. The summed E-state index contributed by atoms with van der Waals surface area (Å²) in [6, 6.07) is 5.13. The van der Waals surface area contributed by atoms with E-state index >= 15 is 0 Å². The third kappa shape index (κ3) is 4.16. The third-order valence-electron chi connectivity index (χ3n) is 7.39. The van der Waals surface area contributed by atoms with Crippen molar-refractivity contribution in [1.82, 2.24) is 9.88 Å². The van der Waals surface area contributed by atoms with Gasteiger partial charge in [-0.25, -0.2) is 4.98 Å². The number of fused-ring (bicyclic) bond motifs is 3. The lowest BCUT2D eigenvalue weighted by Gasteiger charge is -2.35. The molecule has 1 aliphatic heterocycles. The van der Waals surface area contributed by atoms with E-state index in [0.717, 1.165) is 49.0 Å². The second kappa shape index (κ2) is 8.74. The Morgan fingerprint density at radius 1 is 1.07 bits per heavy atom. The van der Waals surface area contributed by atoms with E-state index in [1.165, 1.54) is 80.1 Å². The summed E-state index contributed by atoms with van der Waals surface area (Å²) in [6.07, 6.45) is 11.3. The summed E-state index contributed by atoms with van der Waals surface area (Å²) in [7, 11) is 0. The molecular formula is C26H37N3O. The number of pyridine rings is 1. The van der Waals surface area contributed by atoms with Gasteiger partial charge in [0, 0.05) is 24.0 Å². The van der Waals surface area contributed by atoms with E-state index in [1.54, 1.807) is 0 Å². The number of hydrogen-bond donors (Lipinski definition) is 1. The van der Waals surface area contributed by atoms with Gasteiger partial charge < -0.3 is 15.0 Å². The molecule has 0 atom stereocenters. The van der Waals surface area contributed by atoms with Crippen molar-refractivity contribution in [3.8, 4) is 5.75 Å². The number of ether oxygens (including phenoxy) is 1. The number of rotatable bonds is 7. The van der Waals surface area contributed by atoms with E-state index in [1.807, 2.05) is 0 Å². The van der Waals surface area contributed by atoms with E-state index in [-0.39, 0.29) is 0 Å². The minimum absolute atomic E-state index is 0.600. The SMILES string of the molecule is Cc1cc2c3c(c(NC4CC(C)C4)nc2cc1OCCCN1CCCC1)CCCC3. The van der Waals surface area contributed by atoms with Crippen molar-refractivity contribution in [2.75, 3.05) is 31.6 Å². The van der Waals surface area contributed by atoms with Crippen molar-refractivity contribution in [2.45, 2.75) is 77.7 Å². The van der Waals surface area contributed by atoms with Gasteiger partial charge in [-0.05, 0) is 106 Å². The number of nitrogens with zero attached hydrogens (tertiary/aromatic N) is 2. The third-order valence-corrected chi connectivity index (χ3v) is 7.39. The van der Waals surface area contributed by atoms with Gasteiger partial charge in [0.05, 0.1) is 12.1 Å². The average molecular weight is 408 g/mol. The van der Waals surface area contributed by atoms with Crippen LogP contribution in [0.15, 0.2) is 12.1 Å². The Bertz CT molecular complexity index is 897. The molecule has 2 heterocycles. The Kier molecular flexibility index (Phi) is 5.86. The maximum atomic E-state index is 6.23. The number of aromatic nitrogens is 1. The number of aryl methyl sites for hydroxylation is 2. The van der Waals surface area contributed by atoms with Crippen molar-refractivity contribution in [3.63, 3.8) is 0 Å². The Morgan fingerprint density at radius 2 is 1.83 bits per heavy atom. The lowest BCUT2D eigenvalue weighted by molar-refractivity contribution is 0.262. The van der Waals surface area contributed by atoms with E-state index in [9.17, 15) is 0 Å². The standard InChI is InChI=1S/C26H37N3O/c1-18-14-20(15-18)27-26-22-9-4-3-8-21(22)23-16-19(2)25(17-24(23)28-26)30-13-7-12-29-10-5-6-11-29/h16-18,20H,3-15H2,1-2H3,(H,27,28). The maximum absolute atomic E-state index is 6.23. The van der Waals surface area contributed by atoms with Gasteiger partial charge in [0.25, 0.3) is 0 Å². The van der Waals surface area contributed by atoms with Crippen LogP contribution in [0.1, 0.15) is 68.6 Å². The molecule has 0 radical (unpaired) electrons. The molecule has 1 saturated heterocycles. The predicted octanol–water partition coefficient (Wildman–Crippen LogP) is 5.50. The zero-order chi connectivity index (χ0) is 20.5. The van der Waals surface area contributed by atoms with Gasteiger partial charge in [0.15, 0.2) is 0 Å². The molecule has 1 saturated carbocycles. The highest BCUT2D eigenvalue weighted by atomic mass is 16.5. The Labute approximate surface area is 181 Å². The van der Waals surface area contributed by atoms with Gasteiger partial charge in [-0.1, -0.05) is 6.92 Å². The Hall–Kier alpha value is -1.81. The maximum Gasteiger partial charge on any atom is 0.130 e. The highest BCUT2D eigenvalue weighted by Gasteiger charge is 2.27. The van der Waals surface area contributed by atoms with Crippen LogP contribution in [0.25, 0.3) is 10.9 Å². The number of hydrogen-bond acceptors (Lipinski definition) is 4. The second-order valence-corrected chi connectivity index (χ2v) is 9.93. The Morgan fingerprint density at radius 3 is 2.60 bits per heavy atom.